The number of carbonyl (C=O) groups is 1. The summed E-state index contributed by atoms with van der Waals surface area (Å²) in [7, 11) is 3.83. The third kappa shape index (κ3) is 3.00. The zero-order chi connectivity index (χ0) is 18.4. The van der Waals surface area contributed by atoms with Crippen molar-refractivity contribution in [3.8, 4) is 0 Å². The van der Waals surface area contributed by atoms with Crippen molar-refractivity contribution in [2.45, 2.75) is 45.6 Å². The van der Waals surface area contributed by atoms with Gasteiger partial charge in [0.25, 0.3) is 0 Å². The fourth-order valence-corrected chi connectivity index (χ4v) is 3.52. The molecule has 0 saturated heterocycles. The molecule has 1 N–H and O–H groups in total. The minimum absolute atomic E-state index is 0.0893. The van der Waals surface area contributed by atoms with Crippen molar-refractivity contribution in [3.05, 3.63) is 46.7 Å². The molecular weight excluding hydrogens is 326 g/mol. The average Bonchev–Trinajstić information content (AvgIpc) is 3.32. The number of carbonyl (C=O) groups excluding carboxylic acids is 1. The van der Waals surface area contributed by atoms with Gasteiger partial charge in [0.15, 0.2) is 5.82 Å². The number of hydrogen-bond donors (Lipinski definition) is 1. The minimum atomic E-state index is 0.0893. The lowest BCUT2D eigenvalue weighted by molar-refractivity contribution is -0.129. The Bertz CT molecular complexity index is 980. The van der Waals surface area contributed by atoms with Gasteiger partial charge in [-0.05, 0) is 44.4 Å². The number of aromatic nitrogens is 4. The Morgan fingerprint density at radius 3 is 2.81 bits per heavy atom. The lowest BCUT2D eigenvalue weighted by Gasteiger charge is -2.17. The summed E-state index contributed by atoms with van der Waals surface area (Å²) in [6.07, 6.45) is 2.78. The van der Waals surface area contributed by atoms with Crippen molar-refractivity contribution in [2.75, 3.05) is 7.05 Å². The smallest absolute Gasteiger partial charge is 0.227 e. The van der Waals surface area contributed by atoms with E-state index in [1.807, 2.05) is 25.6 Å². The molecule has 0 bridgehead atoms. The summed E-state index contributed by atoms with van der Waals surface area (Å²) in [6, 6.07) is 6.31. The molecule has 136 valence electrons. The van der Waals surface area contributed by atoms with Crippen LogP contribution in [0.2, 0.25) is 0 Å². The molecular formula is C20H25N5O. The van der Waals surface area contributed by atoms with Crippen LogP contribution in [0.5, 0.6) is 0 Å². The molecule has 1 aliphatic rings. The zero-order valence-corrected chi connectivity index (χ0v) is 15.8. The molecule has 2 heterocycles. The van der Waals surface area contributed by atoms with Gasteiger partial charge in [-0.1, -0.05) is 11.6 Å². The molecule has 1 aliphatic carbocycles. The molecule has 6 nitrogen and oxygen atoms in total. The second-order valence-corrected chi connectivity index (χ2v) is 7.51. The molecule has 0 unspecified atom stereocenters. The Kier molecular flexibility index (Phi) is 4.05. The highest BCUT2D eigenvalue weighted by Crippen LogP contribution is 2.38. The van der Waals surface area contributed by atoms with Crippen LogP contribution in [0.4, 0.5) is 0 Å². The van der Waals surface area contributed by atoms with Crippen molar-refractivity contribution in [1.29, 1.82) is 0 Å². The van der Waals surface area contributed by atoms with Crippen LogP contribution in [-0.2, 0) is 24.8 Å². The number of aryl methyl sites for hydroxylation is 2. The summed E-state index contributed by atoms with van der Waals surface area (Å²) in [5.74, 6) is 2.53. The number of likely N-dealkylation sites (N-methyl/N-ethyl adjacent to an activating group) is 1. The summed E-state index contributed by atoms with van der Waals surface area (Å²) in [5, 5.41) is 9.73. The highest BCUT2D eigenvalue weighted by Gasteiger charge is 2.29. The van der Waals surface area contributed by atoms with Crippen molar-refractivity contribution < 1.29 is 4.79 Å². The first-order valence-electron chi connectivity index (χ1n) is 9.14. The number of H-pyrrole nitrogens is 1. The molecule has 2 aromatic heterocycles. The van der Waals surface area contributed by atoms with Gasteiger partial charge in [0.1, 0.15) is 5.82 Å². The fraction of sp³-hybridized carbons (Fsp3) is 0.450. The number of nitrogens with one attached hydrogen (secondary N) is 1. The van der Waals surface area contributed by atoms with Crippen molar-refractivity contribution in [2.24, 2.45) is 7.05 Å². The van der Waals surface area contributed by atoms with E-state index in [0.717, 1.165) is 33.8 Å². The quantitative estimate of drug-likeness (QED) is 0.768. The van der Waals surface area contributed by atoms with Gasteiger partial charge in [0.05, 0.1) is 13.0 Å². The number of aromatic amines is 1. The topological polar surface area (TPSA) is 66.8 Å². The molecule has 0 spiro atoms. The molecule has 26 heavy (non-hydrogen) atoms. The highest BCUT2D eigenvalue weighted by atomic mass is 16.2. The lowest BCUT2D eigenvalue weighted by Crippen LogP contribution is -2.29. The summed E-state index contributed by atoms with van der Waals surface area (Å²) < 4.78 is 2.04. The van der Waals surface area contributed by atoms with E-state index in [0.29, 0.717) is 18.9 Å². The van der Waals surface area contributed by atoms with E-state index in [1.54, 1.807) is 4.90 Å². The van der Waals surface area contributed by atoms with E-state index in [9.17, 15) is 4.79 Å². The van der Waals surface area contributed by atoms with Crippen LogP contribution in [-0.4, -0.2) is 37.6 Å². The van der Waals surface area contributed by atoms with E-state index >= 15 is 0 Å². The number of rotatable bonds is 5. The predicted octanol–water partition coefficient (Wildman–Crippen LogP) is 2.99. The van der Waals surface area contributed by atoms with Crippen LogP contribution in [0, 0.1) is 13.8 Å². The molecule has 1 saturated carbocycles. The van der Waals surface area contributed by atoms with E-state index in [-0.39, 0.29) is 5.91 Å². The van der Waals surface area contributed by atoms with Gasteiger partial charge >= 0.3 is 0 Å². The molecule has 1 amide bonds. The normalized spacial score (nSPS) is 14.2. The number of fused-ring (bicyclic) bond motifs is 1. The van der Waals surface area contributed by atoms with E-state index in [1.165, 1.54) is 18.4 Å². The Morgan fingerprint density at radius 1 is 1.31 bits per heavy atom. The number of benzene rings is 1. The predicted molar refractivity (Wildman–Crippen MR) is 101 cm³/mol. The first kappa shape index (κ1) is 16.8. The molecule has 1 fully saturated rings. The maximum absolute atomic E-state index is 12.8. The van der Waals surface area contributed by atoms with Crippen molar-refractivity contribution >= 4 is 16.8 Å². The fourth-order valence-electron chi connectivity index (χ4n) is 3.52. The average molecular weight is 351 g/mol. The summed E-state index contributed by atoms with van der Waals surface area (Å²) >= 11 is 0. The summed E-state index contributed by atoms with van der Waals surface area (Å²) in [5.41, 5.74) is 4.42. The monoisotopic (exact) mass is 351 g/mol. The van der Waals surface area contributed by atoms with Gasteiger partial charge in [0.2, 0.25) is 5.91 Å². The second-order valence-electron chi connectivity index (χ2n) is 7.51. The number of hydrogen-bond acceptors (Lipinski definition) is 3. The lowest BCUT2D eigenvalue weighted by atomic mass is 10.1. The standard InChI is InChI=1S/C20H25N5O/c1-12-5-8-17-16(9-12)15(13(2)21-17)10-19(26)24(3)11-18-22-23-20(25(18)4)14-6-7-14/h5,8-9,14,21H,6-7,10-11H2,1-4H3. The maximum Gasteiger partial charge on any atom is 0.227 e. The Labute approximate surface area is 153 Å². The largest absolute Gasteiger partial charge is 0.358 e. The summed E-state index contributed by atoms with van der Waals surface area (Å²) in [4.78, 5) is 17.9. The van der Waals surface area contributed by atoms with Crippen LogP contribution in [0.3, 0.4) is 0 Å². The van der Waals surface area contributed by atoms with Crippen molar-refractivity contribution in [3.63, 3.8) is 0 Å². The Hall–Kier alpha value is -2.63. The summed E-state index contributed by atoms with van der Waals surface area (Å²) in [6.45, 7) is 4.59. The third-order valence-corrected chi connectivity index (χ3v) is 5.35. The van der Waals surface area contributed by atoms with Gasteiger partial charge in [-0.2, -0.15) is 0 Å². The molecule has 0 radical (unpaired) electrons. The van der Waals surface area contributed by atoms with Crippen LogP contribution in [0.25, 0.3) is 10.9 Å². The minimum Gasteiger partial charge on any atom is -0.358 e. The maximum atomic E-state index is 12.8. The van der Waals surface area contributed by atoms with E-state index in [2.05, 4.69) is 40.3 Å². The van der Waals surface area contributed by atoms with Crippen LogP contribution < -0.4 is 0 Å². The second kappa shape index (κ2) is 6.27. The Morgan fingerprint density at radius 2 is 2.08 bits per heavy atom. The zero-order valence-electron chi connectivity index (χ0n) is 15.8. The molecule has 0 atom stereocenters. The van der Waals surface area contributed by atoms with Crippen molar-refractivity contribution in [1.82, 2.24) is 24.6 Å². The van der Waals surface area contributed by atoms with E-state index in [4.69, 9.17) is 0 Å². The van der Waals surface area contributed by atoms with Gasteiger partial charge < -0.3 is 14.5 Å². The molecule has 6 heteroatoms. The molecule has 4 rings (SSSR count). The van der Waals surface area contributed by atoms with Crippen LogP contribution in [0.15, 0.2) is 18.2 Å². The van der Waals surface area contributed by atoms with Crippen LogP contribution in [0.1, 0.15) is 47.2 Å². The SMILES string of the molecule is Cc1ccc2[nH]c(C)c(CC(=O)N(C)Cc3nnc(C4CC4)n3C)c2c1. The first-order valence-corrected chi connectivity index (χ1v) is 9.14. The van der Waals surface area contributed by atoms with Gasteiger partial charge in [-0.25, -0.2) is 0 Å². The van der Waals surface area contributed by atoms with Gasteiger partial charge in [0, 0.05) is 36.6 Å². The first-order chi connectivity index (χ1) is 12.4. The molecule has 1 aromatic carbocycles. The van der Waals surface area contributed by atoms with Gasteiger partial charge in [-0.15, -0.1) is 10.2 Å². The highest BCUT2D eigenvalue weighted by molar-refractivity contribution is 5.90. The van der Waals surface area contributed by atoms with Gasteiger partial charge in [-0.3, -0.25) is 4.79 Å². The number of nitrogens with zero attached hydrogens (tertiary/aromatic N) is 4. The van der Waals surface area contributed by atoms with E-state index < -0.39 is 0 Å². The third-order valence-electron chi connectivity index (χ3n) is 5.35. The molecule has 0 aliphatic heterocycles. The number of amides is 1. The Balaban J connectivity index is 1.51. The molecule has 3 aromatic rings. The van der Waals surface area contributed by atoms with Crippen LogP contribution >= 0.6 is 0 Å².